The average Bonchev–Trinajstić information content (AvgIpc) is 2.46. The van der Waals surface area contributed by atoms with Crippen LogP contribution in [0.4, 0.5) is 0 Å². The molecule has 20 heavy (non-hydrogen) atoms. The van der Waals surface area contributed by atoms with Crippen LogP contribution in [0.25, 0.3) is 0 Å². The Balaban J connectivity index is 2.02. The summed E-state index contributed by atoms with van der Waals surface area (Å²) in [5, 5.41) is 0. The van der Waals surface area contributed by atoms with Gasteiger partial charge in [0.25, 0.3) is 0 Å². The fourth-order valence-electron chi connectivity index (χ4n) is 2.79. The molecule has 4 nitrogen and oxygen atoms in total. The molecule has 0 spiro atoms. The summed E-state index contributed by atoms with van der Waals surface area (Å²) in [6.45, 7) is 4.66. The molecule has 0 aromatic carbocycles. The van der Waals surface area contributed by atoms with Crippen LogP contribution in [-0.4, -0.2) is 23.4 Å². The third-order valence-electron chi connectivity index (χ3n) is 3.92. The lowest BCUT2D eigenvalue weighted by Crippen LogP contribution is -2.25. The quantitative estimate of drug-likeness (QED) is 0.840. The SMILES string of the molecule is CC(C)Oc1cncc(C(=O)C2CCC(CN)CC2)c1. The van der Waals surface area contributed by atoms with Gasteiger partial charge in [0, 0.05) is 17.7 Å². The lowest BCUT2D eigenvalue weighted by molar-refractivity contribution is 0.0872. The van der Waals surface area contributed by atoms with E-state index in [9.17, 15) is 4.79 Å². The van der Waals surface area contributed by atoms with E-state index in [2.05, 4.69) is 4.98 Å². The standard InChI is InChI=1S/C16H24N2O2/c1-11(2)20-15-7-14(9-18-10-15)16(19)13-5-3-12(8-17)4-6-13/h7,9-13H,3-6,8,17H2,1-2H3. The Morgan fingerprint density at radius 2 is 2.05 bits per heavy atom. The number of ether oxygens (including phenoxy) is 1. The van der Waals surface area contributed by atoms with Gasteiger partial charge in [0.05, 0.1) is 12.3 Å². The average molecular weight is 276 g/mol. The van der Waals surface area contributed by atoms with Crippen LogP contribution in [0.15, 0.2) is 18.5 Å². The summed E-state index contributed by atoms with van der Waals surface area (Å²) in [5.41, 5.74) is 6.36. The zero-order valence-corrected chi connectivity index (χ0v) is 12.3. The molecule has 1 fully saturated rings. The Hall–Kier alpha value is -1.42. The summed E-state index contributed by atoms with van der Waals surface area (Å²) in [6, 6.07) is 1.81. The minimum atomic E-state index is 0.0853. The number of ketones is 1. The Bertz CT molecular complexity index is 452. The lowest BCUT2D eigenvalue weighted by Gasteiger charge is -2.26. The number of hydrogen-bond acceptors (Lipinski definition) is 4. The number of carbonyl (C=O) groups excluding carboxylic acids is 1. The predicted octanol–water partition coefficient (Wildman–Crippen LogP) is 2.82. The van der Waals surface area contributed by atoms with Gasteiger partial charge in [0.1, 0.15) is 5.75 Å². The highest BCUT2D eigenvalue weighted by Crippen LogP contribution is 2.30. The van der Waals surface area contributed by atoms with Crippen molar-refractivity contribution in [2.45, 2.75) is 45.6 Å². The van der Waals surface area contributed by atoms with E-state index >= 15 is 0 Å². The van der Waals surface area contributed by atoms with Gasteiger partial charge in [0.2, 0.25) is 0 Å². The highest BCUT2D eigenvalue weighted by molar-refractivity contribution is 5.97. The van der Waals surface area contributed by atoms with E-state index < -0.39 is 0 Å². The summed E-state index contributed by atoms with van der Waals surface area (Å²) >= 11 is 0. The Morgan fingerprint density at radius 3 is 2.65 bits per heavy atom. The summed E-state index contributed by atoms with van der Waals surface area (Å²) in [6.07, 6.45) is 7.38. The molecule has 1 aliphatic rings. The van der Waals surface area contributed by atoms with E-state index in [1.54, 1.807) is 12.4 Å². The van der Waals surface area contributed by atoms with E-state index in [1.807, 2.05) is 19.9 Å². The number of nitrogens with two attached hydrogens (primary N) is 1. The molecule has 1 aliphatic carbocycles. The van der Waals surface area contributed by atoms with Gasteiger partial charge in [-0.05, 0) is 58.1 Å². The minimum absolute atomic E-state index is 0.0853. The van der Waals surface area contributed by atoms with Crippen molar-refractivity contribution in [3.63, 3.8) is 0 Å². The molecule has 1 saturated carbocycles. The van der Waals surface area contributed by atoms with Crippen molar-refractivity contribution < 1.29 is 9.53 Å². The first-order valence-corrected chi connectivity index (χ1v) is 7.46. The zero-order chi connectivity index (χ0) is 14.5. The van der Waals surface area contributed by atoms with Gasteiger partial charge in [-0.1, -0.05) is 0 Å². The molecular weight excluding hydrogens is 252 g/mol. The van der Waals surface area contributed by atoms with Crippen molar-refractivity contribution in [1.29, 1.82) is 0 Å². The van der Waals surface area contributed by atoms with E-state index in [1.165, 1.54) is 0 Å². The maximum absolute atomic E-state index is 12.5. The topological polar surface area (TPSA) is 65.2 Å². The largest absolute Gasteiger partial charge is 0.489 e. The normalized spacial score (nSPS) is 22.8. The van der Waals surface area contributed by atoms with Crippen LogP contribution in [-0.2, 0) is 0 Å². The van der Waals surface area contributed by atoms with Crippen molar-refractivity contribution in [2.75, 3.05) is 6.54 Å². The van der Waals surface area contributed by atoms with Gasteiger partial charge in [-0.25, -0.2) is 0 Å². The molecule has 2 N–H and O–H groups in total. The molecule has 0 unspecified atom stereocenters. The number of pyridine rings is 1. The molecule has 0 atom stereocenters. The molecule has 0 radical (unpaired) electrons. The third kappa shape index (κ3) is 3.79. The van der Waals surface area contributed by atoms with Gasteiger partial charge in [-0.15, -0.1) is 0 Å². The molecular formula is C16H24N2O2. The lowest BCUT2D eigenvalue weighted by atomic mass is 9.79. The van der Waals surface area contributed by atoms with E-state index in [0.29, 0.717) is 17.2 Å². The Labute approximate surface area is 120 Å². The highest BCUT2D eigenvalue weighted by atomic mass is 16.5. The second-order valence-corrected chi connectivity index (χ2v) is 5.89. The second-order valence-electron chi connectivity index (χ2n) is 5.89. The Kier molecular flexibility index (Phi) is 5.12. The van der Waals surface area contributed by atoms with E-state index in [4.69, 9.17) is 10.5 Å². The van der Waals surface area contributed by atoms with Crippen LogP contribution in [0, 0.1) is 11.8 Å². The maximum atomic E-state index is 12.5. The molecule has 0 amide bonds. The van der Waals surface area contributed by atoms with Crippen LogP contribution < -0.4 is 10.5 Å². The number of carbonyl (C=O) groups is 1. The molecule has 0 saturated heterocycles. The fraction of sp³-hybridized carbons (Fsp3) is 0.625. The summed E-state index contributed by atoms with van der Waals surface area (Å²) in [5.74, 6) is 1.57. The highest BCUT2D eigenvalue weighted by Gasteiger charge is 2.26. The smallest absolute Gasteiger partial charge is 0.167 e. The molecule has 0 bridgehead atoms. The molecule has 1 aromatic heterocycles. The fourth-order valence-corrected chi connectivity index (χ4v) is 2.79. The van der Waals surface area contributed by atoms with Crippen LogP contribution in [0.5, 0.6) is 5.75 Å². The predicted molar refractivity (Wildman–Crippen MR) is 78.8 cm³/mol. The van der Waals surface area contributed by atoms with Crippen LogP contribution in [0.1, 0.15) is 49.9 Å². The molecule has 1 heterocycles. The van der Waals surface area contributed by atoms with Gasteiger partial charge < -0.3 is 10.5 Å². The van der Waals surface area contributed by atoms with Gasteiger partial charge >= 0.3 is 0 Å². The number of rotatable bonds is 5. The molecule has 2 rings (SSSR count). The zero-order valence-electron chi connectivity index (χ0n) is 12.3. The van der Waals surface area contributed by atoms with Crippen molar-refractivity contribution in [3.05, 3.63) is 24.0 Å². The number of Topliss-reactive ketones (excluding diaryl/α,β-unsaturated/α-hetero) is 1. The van der Waals surface area contributed by atoms with E-state index in [0.717, 1.165) is 32.2 Å². The van der Waals surface area contributed by atoms with Crippen molar-refractivity contribution in [1.82, 2.24) is 4.98 Å². The Morgan fingerprint density at radius 1 is 1.35 bits per heavy atom. The number of aromatic nitrogens is 1. The minimum Gasteiger partial charge on any atom is -0.489 e. The van der Waals surface area contributed by atoms with Gasteiger partial charge in [-0.2, -0.15) is 0 Å². The first-order valence-electron chi connectivity index (χ1n) is 7.46. The third-order valence-corrected chi connectivity index (χ3v) is 3.92. The van der Waals surface area contributed by atoms with Crippen LogP contribution >= 0.6 is 0 Å². The van der Waals surface area contributed by atoms with Crippen molar-refractivity contribution in [3.8, 4) is 5.75 Å². The monoisotopic (exact) mass is 276 g/mol. The molecule has 110 valence electrons. The van der Waals surface area contributed by atoms with E-state index in [-0.39, 0.29) is 17.8 Å². The summed E-state index contributed by atoms with van der Waals surface area (Å²) in [4.78, 5) is 16.6. The van der Waals surface area contributed by atoms with Gasteiger partial charge in [0.15, 0.2) is 5.78 Å². The van der Waals surface area contributed by atoms with Crippen molar-refractivity contribution in [2.24, 2.45) is 17.6 Å². The van der Waals surface area contributed by atoms with Crippen molar-refractivity contribution >= 4 is 5.78 Å². The number of hydrogen-bond donors (Lipinski definition) is 1. The maximum Gasteiger partial charge on any atom is 0.167 e. The van der Waals surface area contributed by atoms with Crippen LogP contribution in [0.2, 0.25) is 0 Å². The number of nitrogens with zero attached hydrogens (tertiary/aromatic N) is 1. The molecule has 1 aromatic rings. The first-order chi connectivity index (χ1) is 9.60. The molecule has 4 heteroatoms. The summed E-state index contributed by atoms with van der Waals surface area (Å²) < 4.78 is 5.60. The van der Waals surface area contributed by atoms with Gasteiger partial charge in [-0.3, -0.25) is 9.78 Å². The molecule has 0 aliphatic heterocycles. The summed E-state index contributed by atoms with van der Waals surface area (Å²) in [7, 11) is 0. The second kappa shape index (κ2) is 6.84. The van der Waals surface area contributed by atoms with Crippen LogP contribution in [0.3, 0.4) is 0 Å². The first kappa shape index (κ1) is 15.0.